The van der Waals surface area contributed by atoms with Crippen molar-refractivity contribution in [3.8, 4) is 0 Å². The van der Waals surface area contributed by atoms with Crippen LogP contribution >= 0.6 is 0 Å². The number of hydrogen-bond acceptors (Lipinski definition) is 2. The minimum Gasteiger partial charge on any atom is -0.481 e. The first-order chi connectivity index (χ1) is 8.20. The minimum atomic E-state index is -1.02. The van der Waals surface area contributed by atoms with Gasteiger partial charge in [0, 0.05) is 12.2 Å². The van der Waals surface area contributed by atoms with E-state index < -0.39 is 11.9 Å². The molecule has 1 atom stereocenters. The third kappa shape index (κ3) is 2.46. The van der Waals surface area contributed by atoms with E-state index in [1.165, 1.54) is 0 Å². The molecule has 0 saturated carbocycles. The highest BCUT2D eigenvalue weighted by Crippen LogP contribution is 2.23. The Morgan fingerprint density at radius 3 is 2.59 bits per heavy atom. The maximum Gasteiger partial charge on any atom is 0.316 e. The molecule has 1 aromatic rings. The van der Waals surface area contributed by atoms with Gasteiger partial charge in [-0.2, -0.15) is 0 Å². The van der Waals surface area contributed by atoms with Gasteiger partial charge in [-0.3, -0.25) is 9.59 Å². The average molecular weight is 233 g/mol. The van der Waals surface area contributed by atoms with Crippen LogP contribution in [0.1, 0.15) is 19.3 Å². The molecule has 1 heterocycles. The summed E-state index contributed by atoms with van der Waals surface area (Å²) in [4.78, 5) is 24.8. The number of carbonyl (C=O) groups excluding carboxylic acids is 1. The maximum atomic E-state index is 12.1. The third-order valence-corrected chi connectivity index (χ3v) is 3.05. The fourth-order valence-electron chi connectivity index (χ4n) is 2.13. The number of anilines is 1. The first-order valence-electron chi connectivity index (χ1n) is 5.79. The van der Waals surface area contributed by atoms with Crippen LogP contribution < -0.4 is 4.90 Å². The number of rotatable bonds is 2. The molecule has 1 N–H and O–H groups in total. The molecular weight excluding hydrogens is 218 g/mol. The van der Waals surface area contributed by atoms with E-state index in [0.717, 1.165) is 18.5 Å². The Morgan fingerprint density at radius 1 is 1.24 bits per heavy atom. The van der Waals surface area contributed by atoms with Crippen LogP contribution in [-0.4, -0.2) is 23.5 Å². The predicted octanol–water partition coefficient (Wildman–Crippen LogP) is 1.90. The molecule has 0 spiro atoms. The molecule has 1 fully saturated rings. The molecule has 2 rings (SSSR count). The normalized spacial score (nSPS) is 21.1. The largest absolute Gasteiger partial charge is 0.481 e. The van der Waals surface area contributed by atoms with Gasteiger partial charge in [0.15, 0.2) is 0 Å². The molecule has 4 heteroatoms. The van der Waals surface area contributed by atoms with Crippen molar-refractivity contribution in [1.82, 2.24) is 0 Å². The Kier molecular flexibility index (Phi) is 3.42. The van der Waals surface area contributed by atoms with E-state index in [0.29, 0.717) is 13.0 Å². The van der Waals surface area contributed by atoms with Gasteiger partial charge in [0.25, 0.3) is 0 Å². The zero-order valence-corrected chi connectivity index (χ0v) is 9.50. The molecule has 17 heavy (non-hydrogen) atoms. The van der Waals surface area contributed by atoms with Crippen molar-refractivity contribution < 1.29 is 14.7 Å². The van der Waals surface area contributed by atoms with Crippen LogP contribution in [0.3, 0.4) is 0 Å². The monoisotopic (exact) mass is 233 g/mol. The smallest absolute Gasteiger partial charge is 0.316 e. The summed E-state index contributed by atoms with van der Waals surface area (Å²) in [5, 5.41) is 9.05. The lowest BCUT2D eigenvalue weighted by Gasteiger charge is -2.22. The summed E-state index contributed by atoms with van der Waals surface area (Å²) >= 11 is 0. The lowest BCUT2D eigenvalue weighted by Crippen LogP contribution is -2.38. The van der Waals surface area contributed by atoms with Crippen molar-refractivity contribution in [3.05, 3.63) is 30.3 Å². The summed E-state index contributed by atoms with van der Waals surface area (Å²) < 4.78 is 0. The molecule has 4 nitrogen and oxygen atoms in total. The second-order valence-electron chi connectivity index (χ2n) is 4.21. The number of nitrogens with zero attached hydrogens (tertiary/aromatic N) is 1. The highest BCUT2D eigenvalue weighted by molar-refractivity contribution is 6.05. The first kappa shape index (κ1) is 11.6. The Bertz CT molecular complexity index is 416. The summed E-state index contributed by atoms with van der Waals surface area (Å²) in [7, 11) is 0. The number of hydrogen-bond donors (Lipinski definition) is 1. The van der Waals surface area contributed by atoms with E-state index in [1.807, 2.05) is 30.3 Å². The topological polar surface area (TPSA) is 57.6 Å². The van der Waals surface area contributed by atoms with Gasteiger partial charge in [0.05, 0.1) is 0 Å². The van der Waals surface area contributed by atoms with Crippen molar-refractivity contribution in [2.24, 2.45) is 5.92 Å². The van der Waals surface area contributed by atoms with Crippen LogP contribution in [0.5, 0.6) is 0 Å². The number of benzene rings is 1. The Balaban J connectivity index is 2.27. The molecule has 0 radical (unpaired) electrons. The number of amides is 1. The molecule has 1 aliphatic heterocycles. The lowest BCUT2D eigenvalue weighted by atomic mass is 10.0. The van der Waals surface area contributed by atoms with E-state index in [1.54, 1.807) is 4.90 Å². The molecule has 1 aliphatic rings. The van der Waals surface area contributed by atoms with Gasteiger partial charge in [-0.1, -0.05) is 24.6 Å². The van der Waals surface area contributed by atoms with E-state index >= 15 is 0 Å². The number of carboxylic acid groups (broad SMARTS) is 1. The number of carbonyl (C=O) groups is 2. The van der Waals surface area contributed by atoms with Crippen molar-refractivity contribution in [2.75, 3.05) is 11.4 Å². The molecule has 1 saturated heterocycles. The fraction of sp³-hybridized carbons (Fsp3) is 0.385. The van der Waals surface area contributed by atoms with Crippen LogP contribution in [0, 0.1) is 5.92 Å². The minimum absolute atomic E-state index is 0.291. The molecule has 90 valence electrons. The number of aliphatic carboxylic acids is 1. The molecule has 0 aromatic heterocycles. The van der Waals surface area contributed by atoms with Crippen LogP contribution in [-0.2, 0) is 9.59 Å². The summed E-state index contributed by atoms with van der Waals surface area (Å²) in [5.74, 6) is -2.20. The quantitative estimate of drug-likeness (QED) is 0.794. The molecular formula is C13H15NO3. The van der Waals surface area contributed by atoms with Gasteiger partial charge in [0.1, 0.15) is 5.92 Å². The summed E-state index contributed by atoms with van der Waals surface area (Å²) in [6.07, 6.45) is 2.08. The Labute approximate surface area is 99.9 Å². The maximum absolute atomic E-state index is 12.1. The Hall–Kier alpha value is -1.84. The lowest BCUT2D eigenvalue weighted by molar-refractivity contribution is -0.146. The van der Waals surface area contributed by atoms with E-state index in [2.05, 4.69) is 0 Å². The van der Waals surface area contributed by atoms with Crippen molar-refractivity contribution in [2.45, 2.75) is 19.3 Å². The second-order valence-corrected chi connectivity index (χ2v) is 4.21. The van der Waals surface area contributed by atoms with Crippen molar-refractivity contribution in [3.63, 3.8) is 0 Å². The third-order valence-electron chi connectivity index (χ3n) is 3.05. The van der Waals surface area contributed by atoms with Gasteiger partial charge in [0.2, 0.25) is 5.91 Å². The predicted molar refractivity (Wildman–Crippen MR) is 63.8 cm³/mol. The van der Waals surface area contributed by atoms with E-state index in [4.69, 9.17) is 5.11 Å². The van der Waals surface area contributed by atoms with Crippen LogP contribution in [0.4, 0.5) is 5.69 Å². The molecule has 1 unspecified atom stereocenters. The second kappa shape index (κ2) is 4.99. The van der Waals surface area contributed by atoms with Gasteiger partial charge < -0.3 is 10.0 Å². The summed E-state index contributed by atoms with van der Waals surface area (Å²) in [6, 6.07) is 9.25. The van der Waals surface area contributed by atoms with Gasteiger partial charge in [-0.15, -0.1) is 0 Å². The molecule has 1 amide bonds. The number of carboxylic acids is 1. The van der Waals surface area contributed by atoms with Crippen molar-refractivity contribution in [1.29, 1.82) is 0 Å². The summed E-state index contributed by atoms with van der Waals surface area (Å²) in [6.45, 7) is 0.604. The summed E-state index contributed by atoms with van der Waals surface area (Å²) in [5.41, 5.74) is 0.783. The van der Waals surface area contributed by atoms with Crippen molar-refractivity contribution >= 4 is 17.6 Å². The fourth-order valence-corrected chi connectivity index (χ4v) is 2.13. The van der Waals surface area contributed by atoms with Gasteiger partial charge in [-0.05, 0) is 25.0 Å². The van der Waals surface area contributed by atoms with Crippen LogP contribution in [0.25, 0.3) is 0 Å². The molecule has 0 bridgehead atoms. The van der Waals surface area contributed by atoms with Gasteiger partial charge >= 0.3 is 5.97 Å². The highest BCUT2D eigenvalue weighted by atomic mass is 16.4. The molecule has 0 aliphatic carbocycles. The zero-order chi connectivity index (χ0) is 12.3. The van der Waals surface area contributed by atoms with E-state index in [9.17, 15) is 9.59 Å². The highest BCUT2D eigenvalue weighted by Gasteiger charge is 2.32. The molecule has 1 aromatic carbocycles. The van der Waals surface area contributed by atoms with Crippen LogP contribution in [0.15, 0.2) is 30.3 Å². The first-order valence-corrected chi connectivity index (χ1v) is 5.79. The van der Waals surface area contributed by atoms with E-state index in [-0.39, 0.29) is 5.91 Å². The van der Waals surface area contributed by atoms with Crippen LogP contribution in [0.2, 0.25) is 0 Å². The van der Waals surface area contributed by atoms with Gasteiger partial charge in [-0.25, -0.2) is 0 Å². The standard InChI is InChI=1S/C13H15NO3/c15-12-11(13(16)17)8-4-5-9-14(12)10-6-2-1-3-7-10/h1-3,6-7,11H,4-5,8-9H2,(H,16,17). The number of para-hydroxylation sites is 1. The average Bonchev–Trinajstić information content (AvgIpc) is 2.52. The Morgan fingerprint density at radius 2 is 1.94 bits per heavy atom. The SMILES string of the molecule is O=C(O)C1CCCCN(c2ccccc2)C1=O. The zero-order valence-electron chi connectivity index (χ0n) is 9.50.